The standard InChI is InChI=1S/C11H22/c1-5-10(11(2,3)4)8-9-6-7-9/h9-10H,5-8H2,1-4H3. The van der Waals surface area contributed by atoms with Crippen LogP contribution in [-0.2, 0) is 0 Å². The molecule has 0 radical (unpaired) electrons. The molecular formula is C11H22. The van der Waals surface area contributed by atoms with E-state index in [9.17, 15) is 0 Å². The highest BCUT2D eigenvalue weighted by Crippen LogP contribution is 2.42. The molecule has 0 nitrogen and oxygen atoms in total. The van der Waals surface area contributed by atoms with Gasteiger partial charge in [0.1, 0.15) is 0 Å². The summed E-state index contributed by atoms with van der Waals surface area (Å²) in [4.78, 5) is 0. The summed E-state index contributed by atoms with van der Waals surface area (Å²) in [6, 6.07) is 0. The van der Waals surface area contributed by atoms with E-state index in [0.717, 1.165) is 11.8 Å². The Morgan fingerprint density at radius 3 is 2.09 bits per heavy atom. The SMILES string of the molecule is CCC(CC1CC1)C(C)(C)C. The first-order valence-corrected chi connectivity index (χ1v) is 5.04. The molecule has 0 amide bonds. The quantitative estimate of drug-likeness (QED) is 0.579. The second-order valence-corrected chi connectivity index (χ2v) is 5.15. The molecule has 0 aromatic carbocycles. The Balaban J connectivity index is 2.34. The third-order valence-electron chi connectivity index (χ3n) is 3.03. The van der Waals surface area contributed by atoms with E-state index in [4.69, 9.17) is 0 Å². The van der Waals surface area contributed by atoms with Crippen molar-refractivity contribution in [3.05, 3.63) is 0 Å². The van der Waals surface area contributed by atoms with E-state index >= 15 is 0 Å². The molecule has 1 rings (SSSR count). The van der Waals surface area contributed by atoms with Crippen LogP contribution < -0.4 is 0 Å². The molecule has 0 heteroatoms. The molecule has 66 valence electrons. The van der Waals surface area contributed by atoms with Crippen molar-refractivity contribution in [1.29, 1.82) is 0 Å². The maximum absolute atomic E-state index is 2.38. The summed E-state index contributed by atoms with van der Waals surface area (Å²) in [5.41, 5.74) is 0.539. The van der Waals surface area contributed by atoms with Crippen LogP contribution in [0.15, 0.2) is 0 Å². The maximum atomic E-state index is 2.38. The van der Waals surface area contributed by atoms with Gasteiger partial charge in [-0.25, -0.2) is 0 Å². The lowest BCUT2D eigenvalue weighted by Crippen LogP contribution is -2.20. The Morgan fingerprint density at radius 2 is 1.82 bits per heavy atom. The van der Waals surface area contributed by atoms with Gasteiger partial charge in [-0.05, 0) is 23.7 Å². The summed E-state index contributed by atoms with van der Waals surface area (Å²) >= 11 is 0. The van der Waals surface area contributed by atoms with Crippen LogP contribution in [0.1, 0.15) is 53.4 Å². The van der Waals surface area contributed by atoms with Gasteiger partial charge in [-0.3, -0.25) is 0 Å². The van der Waals surface area contributed by atoms with E-state index in [1.165, 1.54) is 25.7 Å². The van der Waals surface area contributed by atoms with Crippen LogP contribution >= 0.6 is 0 Å². The maximum Gasteiger partial charge on any atom is -0.0354 e. The summed E-state index contributed by atoms with van der Waals surface area (Å²) in [6.07, 6.45) is 5.86. The molecule has 1 fully saturated rings. The monoisotopic (exact) mass is 154 g/mol. The molecule has 0 bridgehead atoms. The predicted molar refractivity (Wildman–Crippen MR) is 50.6 cm³/mol. The lowest BCUT2D eigenvalue weighted by atomic mass is 9.76. The molecule has 0 heterocycles. The summed E-state index contributed by atoms with van der Waals surface area (Å²) in [7, 11) is 0. The highest BCUT2D eigenvalue weighted by Gasteiger charge is 2.30. The normalized spacial score (nSPS) is 21.8. The zero-order valence-electron chi connectivity index (χ0n) is 8.48. The van der Waals surface area contributed by atoms with E-state index < -0.39 is 0 Å². The molecule has 1 aliphatic rings. The largest absolute Gasteiger partial charge is 0.0651 e. The van der Waals surface area contributed by atoms with Crippen molar-refractivity contribution < 1.29 is 0 Å². The minimum absolute atomic E-state index is 0.539. The van der Waals surface area contributed by atoms with Crippen LogP contribution in [0.3, 0.4) is 0 Å². The first-order valence-electron chi connectivity index (χ1n) is 5.04. The Bertz CT molecular complexity index is 114. The summed E-state index contributed by atoms with van der Waals surface area (Å²) in [5.74, 6) is 2.05. The van der Waals surface area contributed by atoms with Gasteiger partial charge >= 0.3 is 0 Å². The molecule has 1 saturated carbocycles. The van der Waals surface area contributed by atoms with Crippen LogP contribution in [-0.4, -0.2) is 0 Å². The average molecular weight is 154 g/mol. The van der Waals surface area contributed by atoms with E-state index in [2.05, 4.69) is 27.7 Å². The van der Waals surface area contributed by atoms with Gasteiger partial charge in [0, 0.05) is 0 Å². The molecular weight excluding hydrogens is 132 g/mol. The van der Waals surface area contributed by atoms with Gasteiger partial charge in [0.2, 0.25) is 0 Å². The minimum Gasteiger partial charge on any atom is -0.0651 e. The minimum atomic E-state index is 0.539. The molecule has 1 aliphatic carbocycles. The van der Waals surface area contributed by atoms with Crippen molar-refractivity contribution in [1.82, 2.24) is 0 Å². The third kappa shape index (κ3) is 2.84. The first-order chi connectivity index (χ1) is 5.04. The van der Waals surface area contributed by atoms with E-state index in [-0.39, 0.29) is 0 Å². The van der Waals surface area contributed by atoms with Gasteiger partial charge in [0.25, 0.3) is 0 Å². The molecule has 0 aliphatic heterocycles. The lowest BCUT2D eigenvalue weighted by molar-refractivity contribution is 0.210. The fourth-order valence-corrected chi connectivity index (χ4v) is 1.89. The number of hydrogen-bond acceptors (Lipinski definition) is 0. The highest BCUT2D eigenvalue weighted by molar-refractivity contribution is 4.81. The van der Waals surface area contributed by atoms with Gasteiger partial charge in [-0.1, -0.05) is 47.0 Å². The molecule has 0 N–H and O–H groups in total. The average Bonchev–Trinajstić information content (AvgIpc) is 2.62. The van der Waals surface area contributed by atoms with Crippen LogP contribution in [0.4, 0.5) is 0 Å². The Labute approximate surface area is 71.4 Å². The van der Waals surface area contributed by atoms with Crippen LogP contribution in [0.25, 0.3) is 0 Å². The molecule has 1 atom stereocenters. The van der Waals surface area contributed by atoms with Crippen molar-refractivity contribution in [2.75, 3.05) is 0 Å². The predicted octanol–water partition coefficient (Wildman–Crippen LogP) is 3.86. The van der Waals surface area contributed by atoms with E-state index in [1.807, 2.05) is 0 Å². The van der Waals surface area contributed by atoms with Gasteiger partial charge < -0.3 is 0 Å². The molecule has 11 heavy (non-hydrogen) atoms. The highest BCUT2D eigenvalue weighted by atomic mass is 14.4. The lowest BCUT2D eigenvalue weighted by Gasteiger charge is -2.29. The van der Waals surface area contributed by atoms with Gasteiger partial charge in [-0.2, -0.15) is 0 Å². The van der Waals surface area contributed by atoms with Gasteiger partial charge in [-0.15, -0.1) is 0 Å². The van der Waals surface area contributed by atoms with Crippen molar-refractivity contribution >= 4 is 0 Å². The van der Waals surface area contributed by atoms with Crippen molar-refractivity contribution in [3.8, 4) is 0 Å². The summed E-state index contributed by atoms with van der Waals surface area (Å²) < 4.78 is 0. The van der Waals surface area contributed by atoms with E-state index in [1.54, 1.807) is 0 Å². The third-order valence-corrected chi connectivity index (χ3v) is 3.03. The second kappa shape index (κ2) is 3.16. The Hall–Kier alpha value is 0. The van der Waals surface area contributed by atoms with E-state index in [0.29, 0.717) is 5.41 Å². The molecule has 0 saturated heterocycles. The fourth-order valence-electron chi connectivity index (χ4n) is 1.89. The summed E-state index contributed by atoms with van der Waals surface area (Å²) in [6.45, 7) is 9.47. The second-order valence-electron chi connectivity index (χ2n) is 5.15. The number of rotatable bonds is 3. The first kappa shape index (κ1) is 9.09. The van der Waals surface area contributed by atoms with Crippen molar-refractivity contribution in [3.63, 3.8) is 0 Å². The van der Waals surface area contributed by atoms with Crippen LogP contribution in [0, 0.1) is 17.3 Å². The van der Waals surface area contributed by atoms with Crippen molar-refractivity contribution in [2.24, 2.45) is 17.3 Å². The molecule has 0 aromatic heterocycles. The Kier molecular flexibility index (Phi) is 2.61. The van der Waals surface area contributed by atoms with Crippen LogP contribution in [0.2, 0.25) is 0 Å². The molecule has 0 spiro atoms. The zero-order chi connectivity index (χ0) is 8.48. The number of hydrogen-bond donors (Lipinski definition) is 0. The smallest absolute Gasteiger partial charge is 0.0354 e. The van der Waals surface area contributed by atoms with Gasteiger partial charge in [0.05, 0.1) is 0 Å². The zero-order valence-corrected chi connectivity index (χ0v) is 8.48. The molecule has 0 aromatic rings. The van der Waals surface area contributed by atoms with Gasteiger partial charge in [0.15, 0.2) is 0 Å². The summed E-state index contributed by atoms with van der Waals surface area (Å²) in [5, 5.41) is 0. The molecule has 1 unspecified atom stereocenters. The van der Waals surface area contributed by atoms with Crippen LogP contribution in [0.5, 0.6) is 0 Å². The fraction of sp³-hybridized carbons (Fsp3) is 1.00. The topological polar surface area (TPSA) is 0 Å². The Morgan fingerprint density at radius 1 is 1.27 bits per heavy atom. The van der Waals surface area contributed by atoms with Crippen molar-refractivity contribution in [2.45, 2.75) is 53.4 Å².